The summed E-state index contributed by atoms with van der Waals surface area (Å²) in [5.74, 6) is 1.84. The maximum Gasteiger partial charge on any atom is 0.337 e. The van der Waals surface area contributed by atoms with Crippen LogP contribution in [0.2, 0.25) is 0 Å². The Hall–Kier alpha value is -4.17. The number of rotatable bonds is 7. The lowest BCUT2D eigenvalue weighted by molar-refractivity contribution is 0.0600. The number of pyridine rings is 1. The number of hydrogen-bond donors (Lipinski definition) is 1. The van der Waals surface area contributed by atoms with E-state index in [4.69, 9.17) is 26.1 Å². The minimum Gasteiger partial charge on any atom is -0.494 e. The Labute approximate surface area is 214 Å². The normalized spacial score (nSPS) is 17.1. The zero-order valence-electron chi connectivity index (χ0n) is 19.9. The lowest BCUT2D eigenvalue weighted by Gasteiger charge is -2.26. The van der Waals surface area contributed by atoms with Crippen molar-refractivity contribution in [3.05, 3.63) is 102 Å². The van der Waals surface area contributed by atoms with E-state index >= 15 is 0 Å². The molecule has 1 aliphatic heterocycles. The molecule has 4 aromatic rings. The minimum atomic E-state index is -0.378. The van der Waals surface area contributed by atoms with Crippen molar-refractivity contribution in [2.45, 2.75) is 19.0 Å². The van der Waals surface area contributed by atoms with Crippen molar-refractivity contribution in [1.82, 2.24) is 10.3 Å². The number of ether oxygens (including phenoxy) is 2. The molecule has 7 nitrogen and oxygen atoms in total. The molecule has 2 aromatic carbocycles. The van der Waals surface area contributed by atoms with E-state index in [0.717, 1.165) is 28.5 Å². The summed E-state index contributed by atoms with van der Waals surface area (Å²) in [7, 11) is 1.36. The number of nitrogens with zero attached hydrogens (tertiary/aromatic N) is 2. The number of thiocarbonyl (C=S) groups is 1. The average molecular weight is 500 g/mol. The van der Waals surface area contributed by atoms with Crippen LogP contribution in [-0.2, 0) is 4.74 Å². The molecule has 3 heterocycles. The van der Waals surface area contributed by atoms with Crippen LogP contribution >= 0.6 is 12.2 Å². The molecule has 8 heteroatoms. The molecule has 1 fully saturated rings. The third-order valence-corrected chi connectivity index (χ3v) is 6.35. The molecule has 0 saturated carbocycles. The van der Waals surface area contributed by atoms with Gasteiger partial charge in [0.2, 0.25) is 0 Å². The Morgan fingerprint density at radius 2 is 1.83 bits per heavy atom. The predicted molar refractivity (Wildman–Crippen MR) is 141 cm³/mol. The molecule has 0 amide bonds. The van der Waals surface area contributed by atoms with Gasteiger partial charge in [-0.15, -0.1) is 0 Å². The summed E-state index contributed by atoms with van der Waals surface area (Å²) >= 11 is 5.78. The largest absolute Gasteiger partial charge is 0.494 e. The van der Waals surface area contributed by atoms with Crippen LogP contribution in [-0.4, -0.2) is 29.8 Å². The van der Waals surface area contributed by atoms with Gasteiger partial charge in [0.25, 0.3) is 0 Å². The summed E-state index contributed by atoms with van der Waals surface area (Å²) in [4.78, 5) is 18.4. The fourth-order valence-electron chi connectivity index (χ4n) is 4.35. The van der Waals surface area contributed by atoms with Crippen LogP contribution in [0.25, 0.3) is 11.3 Å². The Balaban J connectivity index is 1.52. The number of hydrogen-bond acceptors (Lipinski definition) is 6. The maximum atomic E-state index is 11.8. The molecule has 2 aromatic heterocycles. The monoisotopic (exact) mass is 499 g/mol. The molecule has 1 aliphatic rings. The van der Waals surface area contributed by atoms with Crippen LogP contribution in [0.4, 0.5) is 5.69 Å². The van der Waals surface area contributed by atoms with Crippen molar-refractivity contribution < 1.29 is 18.7 Å². The number of methoxy groups -OCH3 is 1. The molecule has 0 aliphatic carbocycles. The van der Waals surface area contributed by atoms with Gasteiger partial charge in [-0.1, -0.05) is 18.2 Å². The fourth-order valence-corrected chi connectivity index (χ4v) is 4.69. The molecule has 1 N–H and O–H groups in total. The highest BCUT2D eigenvalue weighted by molar-refractivity contribution is 7.80. The number of esters is 1. The SMILES string of the molecule is CCOc1ccc(N2C(=S)N[C@H](c3ccccn3)[C@H]2c2ccc(-c3ccc(C(=O)OC)cc3)o2)cc1. The fraction of sp³-hybridized carbons (Fsp3) is 0.179. The van der Waals surface area contributed by atoms with Crippen molar-refractivity contribution >= 4 is 29.0 Å². The number of carbonyl (C=O) groups excluding carboxylic acids is 1. The van der Waals surface area contributed by atoms with Crippen molar-refractivity contribution in [2.75, 3.05) is 18.6 Å². The summed E-state index contributed by atoms with van der Waals surface area (Å²) in [6, 6.07) is 24.2. The lowest BCUT2D eigenvalue weighted by atomic mass is 10.0. The van der Waals surface area contributed by atoms with Crippen LogP contribution in [0, 0.1) is 0 Å². The number of anilines is 1. The smallest absolute Gasteiger partial charge is 0.337 e. The van der Waals surface area contributed by atoms with Gasteiger partial charge >= 0.3 is 5.97 Å². The van der Waals surface area contributed by atoms with E-state index in [1.54, 1.807) is 18.3 Å². The third-order valence-electron chi connectivity index (χ3n) is 6.03. The second-order valence-electron chi connectivity index (χ2n) is 8.19. The van der Waals surface area contributed by atoms with Crippen molar-refractivity contribution in [2.24, 2.45) is 0 Å². The molecule has 0 bridgehead atoms. The van der Waals surface area contributed by atoms with E-state index in [2.05, 4.69) is 10.3 Å². The molecule has 36 heavy (non-hydrogen) atoms. The van der Waals surface area contributed by atoms with Crippen molar-refractivity contribution in [3.63, 3.8) is 0 Å². The Morgan fingerprint density at radius 3 is 2.50 bits per heavy atom. The minimum absolute atomic E-state index is 0.217. The van der Waals surface area contributed by atoms with E-state index in [1.165, 1.54) is 7.11 Å². The van der Waals surface area contributed by atoms with Gasteiger partial charge in [0, 0.05) is 17.4 Å². The molecular formula is C28H25N3O4S. The summed E-state index contributed by atoms with van der Waals surface area (Å²) < 4.78 is 16.8. The van der Waals surface area contributed by atoms with Crippen molar-refractivity contribution in [3.8, 4) is 17.1 Å². The predicted octanol–water partition coefficient (Wildman–Crippen LogP) is 5.70. The van der Waals surface area contributed by atoms with E-state index < -0.39 is 0 Å². The molecule has 2 atom stereocenters. The molecule has 5 rings (SSSR count). The Bertz CT molecular complexity index is 1350. The van der Waals surface area contributed by atoms with E-state index in [9.17, 15) is 4.79 Å². The quantitative estimate of drug-likeness (QED) is 0.256. The first-order valence-corrected chi connectivity index (χ1v) is 12.0. The Kier molecular flexibility index (Phi) is 6.69. The van der Waals surface area contributed by atoms with E-state index in [1.807, 2.05) is 78.6 Å². The van der Waals surface area contributed by atoms with Crippen LogP contribution in [0.15, 0.2) is 89.5 Å². The third kappa shape index (κ3) is 4.55. The number of aromatic nitrogens is 1. The molecule has 0 radical (unpaired) electrons. The van der Waals surface area contributed by atoms with Gasteiger partial charge < -0.3 is 24.1 Å². The van der Waals surface area contributed by atoms with Gasteiger partial charge in [-0.3, -0.25) is 4.98 Å². The number of benzene rings is 2. The average Bonchev–Trinajstić information content (AvgIpc) is 3.54. The van der Waals surface area contributed by atoms with E-state index in [0.29, 0.717) is 23.0 Å². The second-order valence-corrected chi connectivity index (χ2v) is 8.58. The molecular weight excluding hydrogens is 474 g/mol. The van der Waals surface area contributed by atoms with Crippen LogP contribution in [0.1, 0.15) is 40.8 Å². The van der Waals surface area contributed by atoms with Gasteiger partial charge in [-0.2, -0.15) is 0 Å². The topological polar surface area (TPSA) is 76.8 Å². The van der Waals surface area contributed by atoms with Gasteiger partial charge in [-0.05, 0) is 79.8 Å². The highest BCUT2D eigenvalue weighted by Crippen LogP contribution is 2.43. The molecule has 182 valence electrons. The maximum absolute atomic E-state index is 11.8. The van der Waals surface area contributed by atoms with Gasteiger partial charge in [0.05, 0.1) is 31.0 Å². The first-order chi connectivity index (χ1) is 17.6. The van der Waals surface area contributed by atoms with Gasteiger partial charge in [0.1, 0.15) is 23.3 Å². The van der Waals surface area contributed by atoms with Crippen molar-refractivity contribution in [1.29, 1.82) is 0 Å². The summed E-state index contributed by atoms with van der Waals surface area (Å²) in [6.07, 6.45) is 1.77. The zero-order valence-corrected chi connectivity index (χ0v) is 20.7. The number of nitrogens with one attached hydrogen (secondary N) is 1. The highest BCUT2D eigenvalue weighted by Gasteiger charge is 2.42. The Morgan fingerprint density at radius 1 is 1.06 bits per heavy atom. The summed E-state index contributed by atoms with van der Waals surface area (Å²) in [5.41, 5.74) is 3.11. The lowest BCUT2D eigenvalue weighted by Crippen LogP contribution is -2.29. The standard InChI is InChI=1S/C28H25N3O4S/c1-3-34-21-13-11-20(12-14-21)31-26(25(30-28(31)36)22-6-4-5-17-29-22)24-16-15-23(35-24)18-7-9-19(10-8-18)27(32)33-2/h4-17,25-26H,3H2,1-2H3,(H,30,36)/t25-,26-/m1/s1. The second kappa shape index (κ2) is 10.2. The molecule has 1 saturated heterocycles. The first-order valence-electron chi connectivity index (χ1n) is 11.6. The number of carbonyl (C=O) groups is 1. The van der Waals surface area contributed by atoms with Gasteiger partial charge in [-0.25, -0.2) is 4.79 Å². The van der Waals surface area contributed by atoms with Gasteiger partial charge in [0.15, 0.2) is 5.11 Å². The summed E-state index contributed by atoms with van der Waals surface area (Å²) in [6.45, 7) is 2.56. The first kappa shape index (κ1) is 23.6. The van der Waals surface area contributed by atoms with Crippen LogP contribution in [0.3, 0.4) is 0 Å². The molecule has 0 spiro atoms. The summed E-state index contributed by atoms with van der Waals surface area (Å²) in [5, 5.41) is 4.02. The van der Waals surface area contributed by atoms with Crippen LogP contribution in [0.5, 0.6) is 5.75 Å². The highest BCUT2D eigenvalue weighted by atomic mass is 32.1. The van der Waals surface area contributed by atoms with Crippen LogP contribution < -0.4 is 15.0 Å². The number of furan rings is 1. The zero-order chi connectivity index (χ0) is 25.1. The molecule has 0 unspecified atom stereocenters. The van der Waals surface area contributed by atoms with E-state index in [-0.39, 0.29) is 18.1 Å².